The van der Waals surface area contributed by atoms with E-state index in [0.717, 1.165) is 0 Å². The monoisotopic (exact) mass is 382 g/mol. The van der Waals surface area contributed by atoms with Gasteiger partial charge in [0.25, 0.3) is 11.5 Å². The summed E-state index contributed by atoms with van der Waals surface area (Å²) in [6, 6.07) is 14.3. The van der Waals surface area contributed by atoms with E-state index in [2.05, 4.69) is 4.98 Å². The van der Waals surface area contributed by atoms with Gasteiger partial charge in [-0.05, 0) is 42.1 Å². The molecule has 0 aliphatic rings. The van der Waals surface area contributed by atoms with Crippen LogP contribution >= 0.6 is 0 Å². The highest BCUT2D eigenvalue weighted by atomic mass is 19.1. The van der Waals surface area contributed by atoms with Crippen LogP contribution in [-0.2, 0) is 16.1 Å². The number of hydrogen-bond acceptors (Lipinski definition) is 4. The van der Waals surface area contributed by atoms with E-state index >= 15 is 0 Å². The number of amides is 1. The summed E-state index contributed by atoms with van der Waals surface area (Å²) in [5.41, 5.74) is 0.211. The molecule has 6 nitrogen and oxygen atoms in total. The molecule has 1 N–H and O–H groups in total. The summed E-state index contributed by atoms with van der Waals surface area (Å²) in [6.45, 7) is 1.88. The van der Waals surface area contributed by atoms with Gasteiger partial charge < -0.3 is 14.6 Å². The van der Waals surface area contributed by atoms with E-state index in [1.807, 2.05) is 0 Å². The fourth-order valence-electron chi connectivity index (χ4n) is 2.85. The molecule has 0 aliphatic carbocycles. The topological polar surface area (TPSA) is 79.5 Å². The first-order valence-corrected chi connectivity index (χ1v) is 8.79. The number of likely N-dealkylation sites (N-methyl/N-ethyl adjacent to an activating group) is 1. The zero-order chi connectivity index (χ0) is 20.1. The number of esters is 1. The van der Waals surface area contributed by atoms with Crippen LogP contribution in [0.15, 0.2) is 59.4 Å². The molecule has 28 heavy (non-hydrogen) atoms. The fraction of sp³-hybridized carbons (Fsp3) is 0.190. The highest BCUT2D eigenvalue weighted by Crippen LogP contribution is 2.11. The van der Waals surface area contributed by atoms with Gasteiger partial charge in [0.05, 0.1) is 0 Å². The number of nitrogens with one attached hydrogen (secondary N) is 1. The molecule has 1 heterocycles. The van der Waals surface area contributed by atoms with Crippen molar-refractivity contribution >= 4 is 22.6 Å². The first-order chi connectivity index (χ1) is 13.5. The van der Waals surface area contributed by atoms with Crippen LogP contribution in [0.1, 0.15) is 23.0 Å². The van der Waals surface area contributed by atoms with Gasteiger partial charge in [0.1, 0.15) is 11.5 Å². The molecule has 0 aliphatic heterocycles. The third-order valence-electron chi connectivity index (χ3n) is 4.30. The Labute approximate surface area is 160 Å². The molecule has 3 aromatic rings. The minimum Gasteiger partial charge on any atom is -0.451 e. The first kappa shape index (κ1) is 19.3. The summed E-state index contributed by atoms with van der Waals surface area (Å²) in [4.78, 5) is 40.6. The lowest BCUT2D eigenvalue weighted by atomic mass is 10.1. The molecule has 0 bridgehead atoms. The summed E-state index contributed by atoms with van der Waals surface area (Å²) in [6.07, 6.45) is 0. The van der Waals surface area contributed by atoms with Crippen LogP contribution in [0.3, 0.4) is 0 Å². The van der Waals surface area contributed by atoms with Crippen molar-refractivity contribution in [2.45, 2.75) is 13.5 Å². The van der Waals surface area contributed by atoms with E-state index in [9.17, 15) is 18.8 Å². The van der Waals surface area contributed by atoms with Crippen molar-refractivity contribution in [2.75, 3.05) is 13.2 Å². The van der Waals surface area contributed by atoms with E-state index in [1.54, 1.807) is 43.3 Å². The van der Waals surface area contributed by atoms with E-state index in [0.29, 0.717) is 22.9 Å². The third kappa shape index (κ3) is 4.43. The number of fused-ring (bicyclic) bond motifs is 1. The number of aromatic nitrogens is 1. The standard InChI is InChI=1S/C21H19FN2O4/c1-2-24(12-14-6-5-8-16(22)10-14)19(25)13-28-21(27)18-11-15-7-3-4-9-17(15)20(26)23-18/h3-11H,2,12-13H2,1H3,(H,23,26). The Morgan fingerprint density at radius 1 is 1.11 bits per heavy atom. The minimum atomic E-state index is -0.794. The first-order valence-electron chi connectivity index (χ1n) is 8.79. The van der Waals surface area contributed by atoms with Crippen molar-refractivity contribution in [3.63, 3.8) is 0 Å². The number of H-pyrrole nitrogens is 1. The van der Waals surface area contributed by atoms with Gasteiger partial charge in [-0.2, -0.15) is 0 Å². The lowest BCUT2D eigenvalue weighted by Gasteiger charge is -2.21. The number of pyridine rings is 1. The maximum atomic E-state index is 13.3. The molecule has 0 unspecified atom stereocenters. The Bertz CT molecular complexity index is 1080. The van der Waals surface area contributed by atoms with Crippen molar-refractivity contribution in [3.05, 3.63) is 82.0 Å². The normalized spacial score (nSPS) is 10.6. The molecule has 0 atom stereocenters. The Hall–Kier alpha value is -3.48. The molecule has 1 amide bonds. The summed E-state index contributed by atoms with van der Waals surface area (Å²) in [7, 11) is 0. The number of ether oxygens (including phenoxy) is 1. The van der Waals surface area contributed by atoms with Crippen molar-refractivity contribution in [1.29, 1.82) is 0 Å². The number of carbonyl (C=O) groups excluding carboxylic acids is 2. The van der Waals surface area contributed by atoms with Gasteiger partial charge in [0.2, 0.25) is 0 Å². The number of rotatable bonds is 6. The number of halogens is 1. The summed E-state index contributed by atoms with van der Waals surface area (Å²) in [5.74, 6) is -1.59. The number of nitrogens with zero attached hydrogens (tertiary/aromatic N) is 1. The predicted molar refractivity (Wildman–Crippen MR) is 102 cm³/mol. The van der Waals surface area contributed by atoms with Crippen LogP contribution in [0.5, 0.6) is 0 Å². The van der Waals surface area contributed by atoms with Crippen molar-refractivity contribution in [2.24, 2.45) is 0 Å². The lowest BCUT2D eigenvalue weighted by Crippen LogP contribution is -2.34. The van der Waals surface area contributed by atoms with Crippen LogP contribution in [0, 0.1) is 5.82 Å². The Balaban J connectivity index is 1.66. The molecule has 7 heteroatoms. The average Bonchev–Trinajstić information content (AvgIpc) is 2.70. The van der Waals surface area contributed by atoms with E-state index in [1.165, 1.54) is 23.1 Å². The van der Waals surface area contributed by atoms with Gasteiger partial charge in [-0.1, -0.05) is 30.3 Å². The molecule has 0 spiro atoms. The third-order valence-corrected chi connectivity index (χ3v) is 4.30. The predicted octanol–water partition coefficient (Wildman–Crippen LogP) is 2.87. The SMILES string of the molecule is CCN(Cc1cccc(F)c1)C(=O)COC(=O)c1cc2ccccc2c(=O)[nH]1. The van der Waals surface area contributed by atoms with Gasteiger partial charge in [0, 0.05) is 18.5 Å². The molecule has 1 aromatic heterocycles. The zero-order valence-corrected chi connectivity index (χ0v) is 15.3. The lowest BCUT2D eigenvalue weighted by molar-refractivity contribution is -0.135. The molecular formula is C21H19FN2O4. The van der Waals surface area contributed by atoms with Crippen LogP contribution in [-0.4, -0.2) is 34.9 Å². The average molecular weight is 382 g/mol. The second-order valence-electron chi connectivity index (χ2n) is 6.21. The van der Waals surface area contributed by atoms with Crippen molar-refractivity contribution in [3.8, 4) is 0 Å². The Morgan fingerprint density at radius 2 is 1.89 bits per heavy atom. The molecule has 144 valence electrons. The molecule has 0 fully saturated rings. The smallest absolute Gasteiger partial charge is 0.355 e. The Morgan fingerprint density at radius 3 is 2.64 bits per heavy atom. The number of aromatic amines is 1. The minimum absolute atomic E-state index is 0.0234. The number of carbonyl (C=O) groups is 2. The highest BCUT2D eigenvalue weighted by Gasteiger charge is 2.17. The zero-order valence-electron chi connectivity index (χ0n) is 15.3. The van der Waals surface area contributed by atoms with Crippen LogP contribution in [0.2, 0.25) is 0 Å². The number of benzene rings is 2. The van der Waals surface area contributed by atoms with Crippen LogP contribution < -0.4 is 5.56 Å². The largest absolute Gasteiger partial charge is 0.451 e. The van der Waals surface area contributed by atoms with E-state index < -0.39 is 24.0 Å². The maximum absolute atomic E-state index is 13.3. The highest BCUT2D eigenvalue weighted by molar-refractivity contribution is 5.94. The van der Waals surface area contributed by atoms with Gasteiger partial charge in [0.15, 0.2) is 6.61 Å². The molecule has 0 saturated carbocycles. The van der Waals surface area contributed by atoms with Gasteiger partial charge in [-0.3, -0.25) is 9.59 Å². The summed E-state index contributed by atoms with van der Waals surface area (Å²) < 4.78 is 18.4. The quantitative estimate of drug-likeness (QED) is 0.665. The van der Waals surface area contributed by atoms with E-state index in [-0.39, 0.29) is 18.1 Å². The second kappa shape index (κ2) is 8.47. The maximum Gasteiger partial charge on any atom is 0.355 e. The van der Waals surface area contributed by atoms with Crippen LogP contribution in [0.25, 0.3) is 10.8 Å². The summed E-state index contributed by atoms with van der Waals surface area (Å²) in [5, 5.41) is 1.06. The molecule has 3 rings (SSSR count). The fourth-order valence-corrected chi connectivity index (χ4v) is 2.85. The van der Waals surface area contributed by atoms with Gasteiger partial charge >= 0.3 is 5.97 Å². The Kier molecular flexibility index (Phi) is 5.84. The molecule has 0 radical (unpaired) electrons. The molecular weight excluding hydrogens is 363 g/mol. The van der Waals surface area contributed by atoms with E-state index in [4.69, 9.17) is 4.74 Å². The van der Waals surface area contributed by atoms with Gasteiger partial charge in [-0.15, -0.1) is 0 Å². The van der Waals surface area contributed by atoms with Gasteiger partial charge in [-0.25, -0.2) is 9.18 Å². The van der Waals surface area contributed by atoms with Crippen molar-refractivity contribution < 1.29 is 18.7 Å². The summed E-state index contributed by atoms with van der Waals surface area (Å²) >= 11 is 0. The molecule has 2 aromatic carbocycles. The van der Waals surface area contributed by atoms with Crippen molar-refractivity contribution in [1.82, 2.24) is 9.88 Å². The second-order valence-corrected chi connectivity index (χ2v) is 6.21. The number of hydrogen-bond donors (Lipinski definition) is 1. The molecule has 0 saturated heterocycles. The van der Waals surface area contributed by atoms with Crippen LogP contribution in [0.4, 0.5) is 4.39 Å².